The summed E-state index contributed by atoms with van der Waals surface area (Å²) in [4.78, 5) is 28.8. The van der Waals surface area contributed by atoms with Gasteiger partial charge in [0.05, 0.1) is 0 Å². The van der Waals surface area contributed by atoms with Crippen LogP contribution < -0.4 is 10.6 Å². The van der Waals surface area contributed by atoms with Crippen molar-refractivity contribution in [2.75, 3.05) is 51.6 Å². The lowest BCUT2D eigenvalue weighted by Gasteiger charge is -2.32. The van der Waals surface area contributed by atoms with Gasteiger partial charge in [-0.2, -0.15) is 0 Å². The summed E-state index contributed by atoms with van der Waals surface area (Å²) in [7, 11) is 2.07. The van der Waals surface area contributed by atoms with Crippen LogP contribution in [0.25, 0.3) is 0 Å². The summed E-state index contributed by atoms with van der Waals surface area (Å²) in [6.45, 7) is 5.49. The first-order chi connectivity index (χ1) is 12.6. The molecule has 6 nitrogen and oxygen atoms in total. The predicted octanol–water partition coefficient (Wildman–Crippen LogP) is 2.64. The molecule has 2 aliphatic rings. The van der Waals surface area contributed by atoms with Crippen LogP contribution in [-0.4, -0.2) is 67.9 Å². The molecule has 2 amide bonds. The molecule has 0 radical (unpaired) electrons. The number of anilines is 1. The number of benzene rings is 1. The SMILES string of the molecule is CN1CCN(C(=O)c2ccc(NC(=O)CCC3CCNCC3)cc2)CC1.Cl.Cl. The van der Waals surface area contributed by atoms with Crippen molar-refractivity contribution >= 4 is 42.3 Å². The number of carbonyl (C=O) groups is 2. The Balaban J connectivity index is 0.00000196. The lowest BCUT2D eigenvalue weighted by Crippen LogP contribution is -2.47. The van der Waals surface area contributed by atoms with Crippen LogP contribution in [0.1, 0.15) is 36.0 Å². The minimum Gasteiger partial charge on any atom is -0.336 e. The summed E-state index contributed by atoms with van der Waals surface area (Å²) < 4.78 is 0. The van der Waals surface area contributed by atoms with Gasteiger partial charge in [0, 0.05) is 43.9 Å². The van der Waals surface area contributed by atoms with E-state index in [4.69, 9.17) is 0 Å². The Hall–Kier alpha value is -1.34. The number of piperazine rings is 1. The molecule has 2 fully saturated rings. The molecular weight excluding hydrogens is 399 g/mol. The maximum absolute atomic E-state index is 12.5. The van der Waals surface area contributed by atoms with E-state index in [2.05, 4.69) is 22.6 Å². The van der Waals surface area contributed by atoms with E-state index in [0.717, 1.165) is 64.2 Å². The zero-order valence-corrected chi connectivity index (χ0v) is 18.1. The second-order valence-electron chi connectivity index (χ2n) is 7.45. The van der Waals surface area contributed by atoms with Gasteiger partial charge in [0.25, 0.3) is 5.91 Å². The van der Waals surface area contributed by atoms with Gasteiger partial charge in [-0.3, -0.25) is 9.59 Å². The monoisotopic (exact) mass is 430 g/mol. The van der Waals surface area contributed by atoms with Crippen LogP contribution in [0.5, 0.6) is 0 Å². The minimum absolute atomic E-state index is 0. The van der Waals surface area contributed by atoms with Crippen LogP contribution in [0, 0.1) is 5.92 Å². The molecule has 0 spiro atoms. The average Bonchev–Trinajstić information content (AvgIpc) is 2.68. The maximum Gasteiger partial charge on any atom is 0.253 e. The lowest BCUT2D eigenvalue weighted by molar-refractivity contribution is -0.116. The Morgan fingerprint density at radius 2 is 1.64 bits per heavy atom. The number of hydrogen-bond acceptors (Lipinski definition) is 4. The van der Waals surface area contributed by atoms with Crippen molar-refractivity contribution in [3.8, 4) is 0 Å². The van der Waals surface area contributed by atoms with E-state index in [1.54, 1.807) is 0 Å². The first-order valence-electron chi connectivity index (χ1n) is 9.70. The van der Waals surface area contributed by atoms with Crippen molar-refractivity contribution < 1.29 is 9.59 Å². The second kappa shape index (κ2) is 12.3. The molecule has 0 saturated carbocycles. The molecule has 1 aromatic rings. The van der Waals surface area contributed by atoms with Gasteiger partial charge in [0.1, 0.15) is 0 Å². The first-order valence-corrected chi connectivity index (χ1v) is 9.70. The Labute approximate surface area is 180 Å². The van der Waals surface area contributed by atoms with Crippen LogP contribution >= 0.6 is 24.8 Å². The third-order valence-electron chi connectivity index (χ3n) is 5.44. The number of rotatable bonds is 5. The molecule has 0 aliphatic carbocycles. The van der Waals surface area contributed by atoms with Crippen LogP contribution in [0.4, 0.5) is 5.69 Å². The summed E-state index contributed by atoms with van der Waals surface area (Å²) in [5.74, 6) is 0.786. The molecule has 158 valence electrons. The van der Waals surface area contributed by atoms with E-state index in [-0.39, 0.29) is 36.6 Å². The van der Waals surface area contributed by atoms with Crippen molar-refractivity contribution in [1.29, 1.82) is 0 Å². The van der Waals surface area contributed by atoms with Crippen molar-refractivity contribution in [1.82, 2.24) is 15.1 Å². The largest absolute Gasteiger partial charge is 0.336 e. The summed E-state index contributed by atoms with van der Waals surface area (Å²) >= 11 is 0. The van der Waals surface area contributed by atoms with E-state index < -0.39 is 0 Å². The van der Waals surface area contributed by atoms with Crippen molar-refractivity contribution in [2.24, 2.45) is 5.92 Å². The molecule has 3 rings (SSSR count). The molecule has 0 unspecified atom stereocenters. The number of nitrogens with zero attached hydrogens (tertiary/aromatic N) is 2. The Bertz CT molecular complexity index is 613. The van der Waals surface area contributed by atoms with Gasteiger partial charge >= 0.3 is 0 Å². The minimum atomic E-state index is 0. The number of hydrogen-bond donors (Lipinski definition) is 2. The molecule has 2 N–H and O–H groups in total. The topological polar surface area (TPSA) is 64.7 Å². The van der Waals surface area contributed by atoms with Gasteiger partial charge in [0.15, 0.2) is 0 Å². The van der Waals surface area contributed by atoms with Gasteiger partial charge in [-0.25, -0.2) is 0 Å². The standard InChI is InChI=1S/C20H30N4O2.2ClH/c1-23-12-14-24(15-13-23)20(26)17-3-5-18(6-4-17)22-19(25)7-2-16-8-10-21-11-9-16;;/h3-6,16,21H,2,7-15H2,1H3,(H,22,25);2*1H. The summed E-state index contributed by atoms with van der Waals surface area (Å²) in [5, 5.41) is 6.30. The Morgan fingerprint density at radius 3 is 2.25 bits per heavy atom. The average molecular weight is 431 g/mol. The molecule has 2 aliphatic heterocycles. The molecule has 28 heavy (non-hydrogen) atoms. The molecule has 0 atom stereocenters. The number of likely N-dealkylation sites (N-methyl/N-ethyl adjacent to an activating group) is 1. The third kappa shape index (κ3) is 7.24. The molecule has 2 saturated heterocycles. The highest BCUT2D eigenvalue weighted by Crippen LogP contribution is 2.19. The number of halogens is 2. The fourth-order valence-electron chi connectivity index (χ4n) is 3.62. The predicted molar refractivity (Wildman–Crippen MR) is 118 cm³/mol. The number of carbonyl (C=O) groups excluding carboxylic acids is 2. The molecule has 0 aromatic heterocycles. The highest BCUT2D eigenvalue weighted by atomic mass is 35.5. The van der Waals surface area contributed by atoms with E-state index in [1.165, 1.54) is 0 Å². The molecule has 8 heteroatoms. The van der Waals surface area contributed by atoms with Crippen molar-refractivity contribution in [3.63, 3.8) is 0 Å². The van der Waals surface area contributed by atoms with Gasteiger partial charge in [-0.15, -0.1) is 24.8 Å². The molecular formula is C20H32Cl2N4O2. The van der Waals surface area contributed by atoms with Gasteiger partial charge in [-0.05, 0) is 69.6 Å². The normalized spacial score (nSPS) is 18.0. The van der Waals surface area contributed by atoms with E-state index in [1.807, 2.05) is 29.2 Å². The molecule has 0 bridgehead atoms. The summed E-state index contributed by atoms with van der Waals surface area (Å²) in [5.41, 5.74) is 1.44. The third-order valence-corrected chi connectivity index (χ3v) is 5.44. The zero-order valence-electron chi connectivity index (χ0n) is 16.5. The van der Waals surface area contributed by atoms with E-state index >= 15 is 0 Å². The summed E-state index contributed by atoms with van der Waals surface area (Å²) in [6.07, 6.45) is 3.84. The Kier molecular flexibility index (Phi) is 10.8. The fourth-order valence-corrected chi connectivity index (χ4v) is 3.62. The quantitative estimate of drug-likeness (QED) is 0.753. The van der Waals surface area contributed by atoms with Crippen LogP contribution in [0.2, 0.25) is 0 Å². The number of nitrogens with one attached hydrogen (secondary N) is 2. The van der Waals surface area contributed by atoms with E-state index in [0.29, 0.717) is 17.9 Å². The van der Waals surface area contributed by atoms with Gasteiger partial charge in [0.2, 0.25) is 5.91 Å². The molecule has 1 aromatic carbocycles. The first kappa shape index (κ1) is 24.7. The zero-order chi connectivity index (χ0) is 18.4. The van der Waals surface area contributed by atoms with Gasteiger partial charge < -0.3 is 20.4 Å². The smallest absolute Gasteiger partial charge is 0.253 e. The lowest BCUT2D eigenvalue weighted by atomic mass is 9.93. The van der Waals surface area contributed by atoms with Crippen molar-refractivity contribution in [2.45, 2.75) is 25.7 Å². The maximum atomic E-state index is 12.5. The van der Waals surface area contributed by atoms with Crippen LogP contribution in [0.15, 0.2) is 24.3 Å². The highest BCUT2D eigenvalue weighted by molar-refractivity contribution is 5.95. The van der Waals surface area contributed by atoms with E-state index in [9.17, 15) is 9.59 Å². The van der Waals surface area contributed by atoms with Gasteiger partial charge in [-0.1, -0.05) is 0 Å². The number of amides is 2. The number of piperidine rings is 1. The second-order valence-corrected chi connectivity index (χ2v) is 7.45. The summed E-state index contributed by atoms with van der Waals surface area (Å²) in [6, 6.07) is 7.27. The van der Waals surface area contributed by atoms with Crippen LogP contribution in [0.3, 0.4) is 0 Å². The Morgan fingerprint density at radius 1 is 1.04 bits per heavy atom. The van der Waals surface area contributed by atoms with Crippen molar-refractivity contribution in [3.05, 3.63) is 29.8 Å². The van der Waals surface area contributed by atoms with Crippen LogP contribution in [-0.2, 0) is 4.79 Å². The fraction of sp³-hybridized carbons (Fsp3) is 0.600. The molecule has 2 heterocycles. The highest BCUT2D eigenvalue weighted by Gasteiger charge is 2.20.